The van der Waals surface area contributed by atoms with Crippen LogP contribution in [0, 0.1) is 12.8 Å². The highest BCUT2D eigenvalue weighted by Crippen LogP contribution is 2.23. The van der Waals surface area contributed by atoms with Gasteiger partial charge in [0.15, 0.2) is 0 Å². The molecule has 1 heterocycles. The Morgan fingerprint density at radius 3 is 2.38 bits per heavy atom. The molecule has 1 aliphatic rings. The summed E-state index contributed by atoms with van der Waals surface area (Å²) in [5, 5.41) is 2.96. The standard InChI is InChI=1S/C22H27N3O2S.ClH/c1-15-14-18(22(27)25-10-12-28-13-11-25)8-9-19(15)24-21(26)16(2)20(23)17-6-4-3-5-7-17;/h3-9,14,16,20H,10-13,23H2,1-2H3,(H,24,26);1H. The molecule has 2 atom stereocenters. The van der Waals surface area contributed by atoms with E-state index in [9.17, 15) is 9.59 Å². The van der Waals surface area contributed by atoms with Crippen LogP contribution in [0.4, 0.5) is 5.69 Å². The molecule has 2 unspecified atom stereocenters. The second-order valence-corrected chi connectivity index (χ2v) is 8.37. The van der Waals surface area contributed by atoms with Crippen molar-refractivity contribution in [1.82, 2.24) is 4.90 Å². The molecule has 1 fully saturated rings. The van der Waals surface area contributed by atoms with E-state index in [4.69, 9.17) is 5.73 Å². The molecule has 3 N–H and O–H groups in total. The third kappa shape index (κ3) is 5.75. The fourth-order valence-electron chi connectivity index (χ4n) is 3.26. The van der Waals surface area contributed by atoms with Gasteiger partial charge >= 0.3 is 0 Å². The average Bonchev–Trinajstić information content (AvgIpc) is 2.74. The number of nitrogens with one attached hydrogen (secondary N) is 1. The first kappa shape index (κ1) is 23.3. The largest absolute Gasteiger partial charge is 0.337 e. The Morgan fingerprint density at radius 2 is 1.76 bits per heavy atom. The first-order chi connectivity index (χ1) is 13.5. The zero-order chi connectivity index (χ0) is 20.1. The van der Waals surface area contributed by atoms with Crippen LogP contribution in [0.3, 0.4) is 0 Å². The predicted octanol–water partition coefficient (Wildman–Crippen LogP) is 3.88. The van der Waals surface area contributed by atoms with Crippen LogP contribution in [0.5, 0.6) is 0 Å². The van der Waals surface area contributed by atoms with E-state index in [0.29, 0.717) is 11.3 Å². The van der Waals surface area contributed by atoms with E-state index in [1.54, 1.807) is 12.1 Å². The summed E-state index contributed by atoms with van der Waals surface area (Å²) in [6.07, 6.45) is 0. The number of anilines is 1. The SMILES string of the molecule is Cc1cc(C(=O)N2CCSCC2)ccc1NC(=O)C(C)C(N)c1ccccc1.Cl. The molecule has 1 aliphatic heterocycles. The summed E-state index contributed by atoms with van der Waals surface area (Å²) in [5.74, 6) is 1.51. The van der Waals surface area contributed by atoms with Crippen LogP contribution >= 0.6 is 24.2 Å². The highest BCUT2D eigenvalue weighted by molar-refractivity contribution is 7.99. The second kappa shape index (κ2) is 10.7. The van der Waals surface area contributed by atoms with Gasteiger partial charge in [0.2, 0.25) is 5.91 Å². The molecular weight excluding hydrogens is 406 g/mol. The summed E-state index contributed by atoms with van der Waals surface area (Å²) in [7, 11) is 0. The van der Waals surface area contributed by atoms with Gasteiger partial charge in [-0.1, -0.05) is 37.3 Å². The highest BCUT2D eigenvalue weighted by atomic mass is 35.5. The number of nitrogens with two attached hydrogens (primary N) is 1. The Kier molecular flexibility index (Phi) is 8.56. The zero-order valence-electron chi connectivity index (χ0n) is 16.8. The molecule has 5 nitrogen and oxygen atoms in total. The normalized spacial score (nSPS) is 15.8. The lowest BCUT2D eigenvalue weighted by Crippen LogP contribution is -2.37. The van der Waals surface area contributed by atoms with Crippen molar-refractivity contribution < 1.29 is 9.59 Å². The van der Waals surface area contributed by atoms with Crippen molar-refractivity contribution in [3.63, 3.8) is 0 Å². The van der Waals surface area contributed by atoms with E-state index in [2.05, 4.69) is 5.32 Å². The van der Waals surface area contributed by atoms with E-state index in [0.717, 1.165) is 35.7 Å². The first-order valence-electron chi connectivity index (χ1n) is 9.56. The average molecular weight is 434 g/mol. The monoisotopic (exact) mass is 433 g/mol. The van der Waals surface area contributed by atoms with Crippen LogP contribution in [-0.2, 0) is 4.79 Å². The van der Waals surface area contributed by atoms with Crippen LogP contribution in [0.15, 0.2) is 48.5 Å². The Hall–Kier alpha value is -2.02. The number of halogens is 1. The molecule has 0 aromatic heterocycles. The smallest absolute Gasteiger partial charge is 0.253 e. The summed E-state index contributed by atoms with van der Waals surface area (Å²) in [6, 6.07) is 14.7. The number of hydrogen-bond acceptors (Lipinski definition) is 4. The lowest BCUT2D eigenvalue weighted by Gasteiger charge is -2.26. The number of aryl methyl sites for hydroxylation is 1. The molecule has 0 aliphatic carbocycles. The predicted molar refractivity (Wildman–Crippen MR) is 123 cm³/mol. The van der Waals surface area contributed by atoms with Crippen LogP contribution in [0.2, 0.25) is 0 Å². The lowest BCUT2D eigenvalue weighted by molar-refractivity contribution is -0.120. The Morgan fingerprint density at radius 1 is 1.10 bits per heavy atom. The molecule has 0 saturated carbocycles. The quantitative estimate of drug-likeness (QED) is 0.750. The first-order valence-corrected chi connectivity index (χ1v) is 10.7. The van der Waals surface area contributed by atoms with E-state index in [1.807, 2.05) is 66.9 Å². The molecular formula is C22H28ClN3O2S. The molecule has 0 spiro atoms. The summed E-state index contributed by atoms with van der Waals surface area (Å²) in [5.41, 5.74) is 9.44. The Bertz CT molecular complexity index is 841. The van der Waals surface area contributed by atoms with Crippen LogP contribution in [-0.4, -0.2) is 41.3 Å². The number of carbonyl (C=O) groups is 2. The number of rotatable bonds is 5. The molecule has 1 saturated heterocycles. The maximum absolute atomic E-state index is 12.7. The number of amides is 2. The van der Waals surface area contributed by atoms with Crippen molar-refractivity contribution in [2.75, 3.05) is 29.9 Å². The molecule has 3 rings (SSSR count). The van der Waals surface area contributed by atoms with Gasteiger partial charge in [-0.15, -0.1) is 12.4 Å². The number of hydrogen-bond donors (Lipinski definition) is 2. The van der Waals surface area contributed by atoms with Gasteiger partial charge in [0.1, 0.15) is 0 Å². The van der Waals surface area contributed by atoms with Crippen molar-refractivity contribution in [1.29, 1.82) is 0 Å². The number of carbonyl (C=O) groups excluding carboxylic acids is 2. The van der Waals surface area contributed by atoms with Crippen molar-refractivity contribution in [2.45, 2.75) is 19.9 Å². The summed E-state index contributed by atoms with van der Waals surface area (Å²) in [4.78, 5) is 27.2. The number of nitrogens with zero attached hydrogens (tertiary/aromatic N) is 1. The Balaban J connectivity index is 0.00000300. The second-order valence-electron chi connectivity index (χ2n) is 7.15. The molecule has 0 radical (unpaired) electrons. The minimum atomic E-state index is -0.381. The van der Waals surface area contributed by atoms with Crippen LogP contribution in [0.25, 0.3) is 0 Å². The molecule has 0 bridgehead atoms. The zero-order valence-corrected chi connectivity index (χ0v) is 18.4. The fourth-order valence-corrected chi connectivity index (χ4v) is 4.16. The third-order valence-electron chi connectivity index (χ3n) is 5.17. The van der Waals surface area contributed by atoms with Crippen molar-refractivity contribution in [3.05, 3.63) is 65.2 Å². The molecule has 29 heavy (non-hydrogen) atoms. The number of thioether (sulfide) groups is 1. The highest BCUT2D eigenvalue weighted by Gasteiger charge is 2.23. The molecule has 2 aromatic carbocycles. The van der Waals surface area contributed by atoms with Crippen molar-refractivity contribution in [2.24, 2.45) is 11.7 Å². The van der Waals surface area contributed by atoms with Gasteiger partial charge in [0.05, 0.1) is 5.92 Å². The summed E-state index contributed by atoms with van der Waals surface area (Å²) >= 11 is 1.88. The van der Waals surface area contributed by atoms with Gasteiger partial charge < -0.3 is 16.0 Å². The molecule has 156 valence electrons. The van der Waals surface area contributed by atoms with Gasteiger partial charge in [-0.2, -0.15) is 11.8 Å². The van der Waals surface area contributed by atoms with Gasteiger partial charge in [-0.3, -0.25) is 9.59 Å². The minimum Gasteiger partial charge on any atom is -0.337 e. The van der Waals surface area contributed by atoms with Crippen molar-refractivity contribution >= 4 is 41.7 Å². The topological polar surface area (TPSA) is 75.4 Å². The van der Waals surface area contributed by atoms with E-state index < -0.39 is 0 Å². The van der Waals surface area contributed by atoms with E-state index in [-0.39, 0.29) is 36.2 Å². The maximum atomic E-state index is 12.7. The minimum absolute atomic E-state index is 0. The maximum Gasteiger partial charge on any atom is 0.253 e. The van der Waals surface area contributed by atoms with Gasteiger partial charge in [0.25, 0.3) is 5.91 Å². The summed E-state index contributed by atoms with van der Waals surface area (Å²) < 4.78 is 0. The summed E-state index contributed by atoms with van der Waals surface area (Å²) in [6.45, 7) is 5.31. The van der Waals surface area contributed by atoms with Crippen molar-refractivity contribution in [3.8, 4) is 0 Å². The van der Waals surface area contributed by atoms with Gasteiger partial charge in [-0.25, -0.2) is 0 Å². The molecule has 2 amide bonds. The fraction of sp³-hybridized carbons (Fsp3) is 0.364. The van der Waals surface area contributed by atoms with E-state index in [1.165, 1.54) is 0 Å². The van der Waals surface area contributed by atoms with E-state index >= 15 is 0 Å². The Labute approximate surface area is 182 Å². The lowest BCUT2D eigenvalue weighted by atomic mass is 9.94. The van der Waals surface area contributed by atoms with Crippen LogP contribution < -0.4 is 11.1 Å². The molecule has 2 aromatic rings. The molecule has 7 heteroatoms. The van der Waals surface area contributed by atoms with Gasteiger partial charge in [0, 0.05) is 41.9 Å². The van der Waals surface area contributed by atoms with Crippen LogP contribution in [0.1, 0.15) is 34.5 Å². The van der Waals surface area contributed by atoms with Gasteiger partial charge in [-0.05, 0) is 36.2 Å². The number of benzene rings is 2. The third-order valence-corrected chi connectivity index (χ3v) is 6.11.